The Labute approximate surface area is 125 Å². The summed E-state index contributed by atoms with van der Waals surface area (Å²) in [6.07, 6.45) is -4.77. The van der Waals surface area contributed by atoms with Crippen molar-refractivity contribution < 1.29 is 22.3 Å². The Morgan fingerprint density at radius 1 is 1.14 bits per heavy atom. The molecule has 0 aromatic heterocycles. The first-order chi connectivity index (χ1) is 9.76. The molecule has 0 saturated heterocycles. The van der Waals surface area contributed by atoms with Crippen LogP contribution in [0.25, 0.3) is 0 Å². The smallest absolute Gasteiger partial charge is 0.405 e. The Hall–Kier alpha value is -1.96. The summed E-state index contributed by atoms with van der Waals surface area (Å²) in [7, 11) is 0. The van der Waals surface area contributed by atoms with Crippen molar-refractivity contribution >= 4 is 33.0 Å². The molecule has 0 amide bonds. The summed E-state index contributed by atoms with van der Waals surface area (Å²) in [5.74, 6) is -0.962. The molecule has 0 heterocycles. The van der Waals surface area contributed by atoms with Crippen LogP contribution < -0.4 is 15.8 Å². The molecule has 0 saturated carbocycles. The van der Waals surface area contributed by atoms with Gasteiger partial charge in [-0.25, -0.2) is 4.39 Å². The third kappa shape index (κ3) is 4.01. The molecular formula is C13H9BrF4N2O. The maximum Gasteiger partial charge on any atom is 0.573 e. The van der Waals surface area contributed by atoms with Gasteiger partial charge in [-0.2, -0.15) is 0 Å². The number of nitrogens with two attached hydrogens (primary N) is 1. The van der Waals surface area contributed by atoms with Crippen molar-refractivity contribution in [1.82, 2.24) is 0 Å². The number of para-hydroxylation sites is 1. The summed E-state index contributed by atoms with van der Waals surface area (Å²) >= 11 is 2.98. The van der Waals surface area contributed by atoms with Gasteiger partial charge in [-0.05, 0) is 46.3 Å². The number of hydrogen-bond acceptors (Lipinski definition) is 3. The number of ether oxygens (including phenoxy) is 1. The van der Waals surface area contributed by atoms with Crippen molar-refractivity contribution in [2.75, 3.05) is 11.1 Å². The quantitative estimate of drug-likeness (QED) is 0.606. The molecule has 112 valence electrons. The fourth-order valence-electron chi connectivity index (χ4n) is 1.59. The summed E-state index contributed by atoms with van der Waals surface area (Å²) in [6, 6.07) is 8.07. The standard InChI is InChI=1S/C13H9BrF4N2O/c14-8-6-7(4-5-11(8)21-13(16,17)18)20-10-3-1-2-9(15)12(10)19/h1-6,20H,19H2. The molecule has 0 atom stereocenters. The number of halogens is 5. The van der Waals surface area contributed by atoms with Crippen molar-refractivity contribution in [1.29, 1.82) is 0 Å². The van der Waals surface area contributed by atoms with Crippen molar-refractivity contribution in [3.63, 3.8) is 0 Å². The molecule has 8 heteroatoms. The van der Waals surface area contributed by atoms with Crippen LogP contribution in [0.15, 0.2) is 40.9 Å². The second kappa shape index (κ2) is 5.80. The molecule has 2 aromatic rings. The SMILES string of the molecule is Nc1c(F)cccc1Nc1ccc(OC(F)(F)F)c(Br)c1. The minimum Gasteiger partial charge on any atom is -0.405 e. The van der Waals surface area contributed by atoms with Crippen LogP contribution >= 0.6 is 15.9 Å². The highest BCUT2D eigenvalue weighted by atomic mass is 79.9. The molecule has 0 spiro atoms. The van der Waals surface area contributed by atoms with Crippen LogP contribution in [0.5, 0.6) is 5.75 Å². The van der Waals surface area contributed by atoms with Gasteiger partial charge in [-0.1, -0.05) is 6.07 Å². The Morgan fingerprint density at radius 2 is 1.86 bits per heavy atom. The first kappa shape index (κ1) is 15.4. The van der Waals surface area contributed by atoms with Crippen LogP contribution in [0, 0.1) is 5.82 Å². The van der Waals surface area contributed by atoms with Gasteiger partial charge in [0.05, 0.1) is 15.8 Å². The van der Waals surface area contributed by atoms with E-state index in [4.69, 9.17) is 5.73 Å². The van der Waals surface area contributed by atoms with E-state index >= 15 is 0 Å². The van der Waals surface area contributed by atoms with Gasteiger partial charge in [0, 0.05) is 5.69 Å². The number of nitrogens with one attached hydrogen (secondary N) is 1. The summed E-state index contributed by atoms with van der Waals surface area (Å²) < 4.78 is 53.7. The molecule has 0 aliphatic rings. The highest BCUT2D eigenvalue weighted by Crippen LogP contribution is 2.34. The van der Waals surface area contributed by atoms with E-state index in [2.05, 4.69) is 26.0 Å². The second-order valence-electron chi connectivity index (χ2n) is 4.02. The summed E-state index contributed by atoms with van der Waals surface area (Å²) in [5, 5.41) is 2.81. The average molecular weight is 365 g/mol. The van der Waals surface area contributed by atoms with Crippen LogP contribution in [0.3, 0.4) is 0 Å². The van der Waals surface area contributed by atoms with Crippen LogP contribution in [-0.4, -0.2) is 6.36 Å². The zero-order valence-corrected chi connectivity index (χ0v) is 11.9. The van der Waals surface area contributed by atoms with Gasteiger partial charge >= 0.3 is 6.36 Å². The van der Waals surface area contributed by atoms with E-state index in [0.717, 1.165) is 6.07 Å². The molecule has 0 radical (unpaired) electrons. The average Bonchev–Trinajstić information content (AvgIpc) is 2.37. The van der Waals surface area contributed by atoms with Crippen LogP contribution in [0.2, 0.25) is 0 Å². The second-order valence-corrected chi connectivity index (χ2v) is 4.87. The number of alkyl halides is 3. The minimum atomic E-state index is -4.77. The number of anilines is 3. The van der Waals surface area contributed by atoms with Gasteiger partial charge in [-0.3, -0.25) is 0 Å². The number of rotatable bonds is 3. The molecule has 0 unspecified atom stereocenters. The maximum atomic E-state index is 13.3. The van der Waals surface area contributed by atoms with E-state index in [1.54, 1.807) is 6.07 Å². The zero-order chi connectivity index (χ0) is 15.6. The molecule has 0 aliphatic carbocycles. The van der Waals surface area contributed by atoms with E-state index in [1.807, 2.05) is 0 Å². The number of benzene rings is 2. The first-order valence-electron chi connectivity index (χ1n) is 5.62. The largest absolute Gasteiger partial charge is 0.573 e. The lowest BCUT2D eigenvalue weighted by atomic mass is 10.2. The van der Waals surface area contributed by atoms with Crippen molar-refractivity contribution in [2.24, 2.45) is 0 Å². The van der Waals surface area contributed by atoms with Crippen LogP contribution in [0.4, 0.5) is 34.6 Å². The van der Waals surface area contributed by atoms with Crippen molar-refractivity contribution in [2.45, 2.75) is 6.36 Å². The third-order valence-corrected chi connectivity index (χ3v) is 3.11. The van der Waals surface area contributed by atoms with Crippen LogP contribution in [0.1, 0.15) is 0 Å². The number of nitrogen functional groups attached to an aromatic ring is 1. The number of hydrogen-bond donors (Lipinski definition) is 2. The van der Waals surface area contributed by atoms with Crippen molar-refractivity contribution in [3.05, 3.63) is 46.7 Å². The van der Waals surface area contributed by atoms with Gasteiger partial charge in [0.15, 0.2) is 0 Å². The highest BCUT2D eigenvalue weighted by molar-refractivity contribution is 9.10. The third-order valence-electron chi connectivity index (χ3n) is 2.49. The lowest BCUT2D eigenvalue weighted by Gasteiger charge is -2.13. The predicted octanol–water partition coefficient (Wildman–Crippen LogP) is 4.81. The molecule has 3 nitrogen and oxygen atoms in total. The van der Waals surface area contributed by atoms with Gasteiger partial charge in [-0.15, -0.1) is 13.2 Å². The first-order valence-corrected chi connectivity index (χ1v) is 6.42. The molecule has 21 heavy (non-hydrogen) atoms. The minimum absolute atomic E-state index is 0.0794. The lowest BCUT2D eigenvalue weighted by Crippen LogP contribution is -2.17. The van der Waals surface area contributed by atoms with E-state index in [-0.39, 0.29) is 15.9 Å². The molecule has 3 N–H and O–H groups in total. The van der Waals surface area contributed by atoms with Gasteiger partial charge in [0.2, 0.25) is 0 Å². The molecule has 0 fully saturated rings. The topological polar surface area (TPSA) is 47.3 Å². The fraction of sp³-hybridized carbons (Fsp3) is 0.0769. The summed E-state index contributed by atoms with van der Waals surface area (Å²) in [5.41, 5.74) is 6.22. The molecular weight excluding hydrogens is 356 g/mol. The van der Waals surface area contributed by atoms with E-state index < -0.39 is 12.2 Å². The van der Waals surface area contributed by atoms with Gasteiger partial charge in [0.1, 0.15) is 11.6 Å². The van der Waals surface area contributed by atoms with Gasteiger partial charge < -0.3 is 15.8 Å². The summed E-state index contributed by atoms with van der Waals surface area (Å²) in [4.78, 5) is 0. The zero-order valence-electron chi connectivity index (χ0n) is 10.3. The van der Waals surface area contributed by atoms with Gasteiger partial charge in [0.25, 0.3) is 0 Å². The van der Waals surface area contributed by atoms with E-state index in [0.29, 0.717) is 11.4 Å². The normalized spacial score (nSPS) is 11.3. The molecule has 2 rings (SSSR count). The Kier molecular flexibility index (Phi) is 4.26. The van der Waals surface area contributed by atoms with Crippen molar-refractivity contribution in [3.8, 4) is 5.75 Å². The van der Waals surface area contributed by atoms with E-state index in [9.17, 15) is 17.6 Å². The lowest BCUT2D eigenvalue weighted by molar-refractivity contribution is -0.274. The highest BCUT2D eigenvalue weighted by Gasteiger charge is 2.31. The maximum absolute atomic E-state index is 13.3. The summed E-state index contributed by atoms with van der Waals surface area (Å²) in [6.45, 7) is 0. The predicted molar refractivity (Wildman–Crippen MR) is 74.9 cm³/mol. The molecule has 2 aromatic carbocycles. The Bertz CT molecular complexity index is 661. The monoisotopic (exact) mass is 364 g/mol. The molecule has 0 bridgehead atoms. The molecule has 0 aliphatic heterocycles. The Balaban J connectivity index is 2.23. The fourth-order valence-corrected chi connectivity index (χ4v) is 2.05. The van der Waals surface area contributed by atoms with E-state index in [1.165, 1.54) is 24.3 Å². The van der Waals surface area contributed by atoms with Crippen LogP contribution in [-0.2, 0) is 0 Å². The Morgan fingerprint density at radius 3 is 2.48 bits per heavy atom.